The molecule has 1 aromatic rings. The lowest BCUT2D eigenvalue weighted by atomic mass is 9.99. The van der Waals surface area contributed by atoms with Gasteiger partial charge in [0.15, 0.2) is 12.1 Å². The first kappa shape index (κ1) is 19.6. The smallest absolute Gasteiger partial charge is 0.166 e. The zero-order chi connectivity index (χ0) is 16.4. The molecular formula is C17H28O4. The molecular weight excluding hydrogens is 268 g/mol. The summed E-state index contributed by atoms with van der Waals surface area (Å²) in [6, 6.07) is 5.34. The number of aromatic hydroxyl groups is 1. The summed E-state index contributed by atoms with van der Waals surface area (Å²) < 4.78 is 9.35. The number of rotatable bonds is 6. The van der Waals surface area contributed by atoms with E-state index in [0.29, 0.717) is 17.9 Å². The molecule has 0 amide bonds. The number of Topliss-reactive ketones (excluding diaryl/α,β-unsaturated/α-hetero) is 1. The van der Waals surface area contributed by atoms with Crippen LogP contribution >= 0.6 is 0 Å². The van der Waals surface area contributed by atoms with Gasteiger partial charge in [-0.15, -0.1) is 0 Å². The molecule has 0 aromatic heterocycles. The second-order valence-corrected chi connectivity index (χ2v) is 5.27. The van der Waals surface area contributed by atoms with Crippen molar-refractivity contribution in [3.63, 3.8) is 0 Å². The molecule has 4 nitrogen and oxygen atoms in total. The minimum Gasteiger partial charge on any atom is -0.507 e. The molecule has 0 aliphatic rings. The van der Waals surface area contributed by atoms with Crippen LogP contribution in [0.3, 0.4) is 0 Å². The normalized spacial score (nSPS) is 10.5. The second-order valence-electron chi connectivity index (χ2n) is 5.27. The van der Waals surface area contributed by atoms with Gasteiger partial charge in [-0.1, -0.05) is 26.8 Å². The third-order valence-corrected chi connectivity index (χ3v) is 2.99. The fourth-order valence-corrected chi connectivity index (χ4v) is 1.70. The molecule has 0 saturated heterocycles. The van der Waals surface area contributed by atoms with E-state index in [1.165, 1.54) is 0 Å². The van der Waals surface area contributed by atoms with Gasteiger partial charge in [0.25, 0.3) is 0 Å². The maximum absolute atomic E-state index is 11.4. The van der Waals surface area contributed by atoms with E-state index in [0.717, 1.165) is 12.0 Å². The second kappa shape index (κ2) is 10.4. The van der Waals surface area contributed by atoms with Crippen LogP contribution in [-0.2, 0) is 15.9 Å². The molecule has 0 radical (unpaired) electrons. The summed E-state index contributed by atoms with van der Waals surface area (Å²) in [5.74, 6) is 0.653. The van der Waals surface area contributed by atoms with Gasteiger partial charge in [0.1, 0.15) is 5.75 Å². The Bertz CT molecular complexity index is 423. The van der Waals surface area contributed by atoms with Gasteiger partial charge < -0.3 is 14.6 Å². The molecule has 0 bridgehead atoms. The van der Waals surface area contributed by atoms with Gasteiger partial charge in [-0.05, 0) is 37.0 Å². The topological polar surface area (TPSA) is 55.8 Å². The van der Waals surface area contributed by atoms with E-state index in [4.69, 9.17) is 0 Å². The number of ether oxygens (including phenoxy) is 2. The van der Waals surface area contributed by atoms with Gasteiger partial charge in [0.2, 0.25) is 0 Å². The lowest BCUT2D eigenvalue weighted by Gasteiger charge is -2.07. The largest absolute Gasteiger partial charge is 0.507 e. The Morgan fingerprint density at radius 2 is 1.76 bits per heavy atom. The van der Waals surface area contributed by atoms with Crippen LogP contribution in [0.5, 0.6) is 5.75 Å². The standard InChI is InChI=1S/C13H18O2.C4H10O2/c1-4-12(14)11-6-5-10(7-9(2)3)8-13(11)15;1-4(5-2)6-3/h5-6,8-9,15H,4,7H2,1-3H3;4H,1-3H3. The van der Waals surface area contributed by atoms with Crippen LogP contribution in [0.25, 0.3) is 0 Å². The summed E-state index contributed by atoms with van der Waals surface area (Å²) in [7, 11) is 3.21. The Morgan fingerprint density at radius 1 is 1.19 bits per heavy atom. The van der Waals surface area contributed by atoms with Crippen LogP contribution < -0.4 is 0 Å². The van der Waals surface area contributed by atoms with E-state index in [-0.39, 0.29) is 17.8 Å². The summed E-state index contributed by atoms with van der Waals surface area (Å²) in [6.45, 7) is 7.88. The summed E-state index contributed by atoms with van der Waals surface area (Å²) in [4.78, 5) is 11.4. The number of hydrogen-bond donors (Lipinski definition) is 1. The number of hydrogen-bond acceptors (Lipinski definition) is 4. The van der Waals surface area contributed by atoms with E-state index < -0.39 is 0 Å². The predicted octanol–water partition coefficient (Wildman–Crippen LogP) is 3.81. The number of carbonyl (C=O) groups is 1. The average Bonchev–Trinajstić information content (AvgIpc) is 2.45. The lowest BCUT2D eigenvalue weighted by molar-refractivity contribution is -0.0877. The number of carbonyl (C=O) groups excluding carboxylic acids is 1. The molecule has 0 fully saturated rings. The van der Waals surface area contributed by atoms with Gasteiger partial charge in [0.05, 0.1) is 5.56 Å². The van der Waals surface area contributed by atoms with Crippen molar-refractivity contribution in [1.29, 1.82) is 0 Å². The first-order valence-corrected chi connectivity index (χ1v) is 7.26. The highest BCUT2D eigenvalue weighted by Gasteiger charge is 2.09. The van der Waals surface area contributed by atoms with Gasteiger partial charge in [-0.2, -0.15) is 0 Å². The summed E-state index contributed by atoms with van der Waals surface area (Å²) in [6.07, 6.45) is 1.29. The Kier molecular flexibility index (Phi) is 9.67. The average molecular weight is 296 g/mol. The highest BCUT2D eigenvalue weighted by atomic mass is 16.7. The van der Waals surface area contributed by atoms with E-state index in [1.54, 1.807) is 33.3 Å². The number of phenols is 1. The van der Waals surface area contributed by atoms with Gasteiger partial charge in [0, 0.05) is 20.6 Å². The SMILES string of the molecule is CCC(=O)c1ccc(CC(C)C)cc1O.COC(C)OC. The third-order valence-electron chi connectivity index (χ3n) is 2.99. The molecule has 120 valence electrons. The molecule has 0 aliphatic carbocycles. The van der Waals surface area contributed by atoms with Crippen molar-refractivity contribution in [2.75, 3.05) is 14.2 Å². The first-order chi connectivity index (χ1) is 9.85. The molecule has 4 heteroatoms. The molecule has 0 saturated carbocycles. The third kappa shape index (κ3) is 7.83. The van der Waals surface area contributed by atoms with E-state index in [9.17, 15) is 9.90 Å². The molecule has 0 spiro atoms. The highest BCUT2D eigenvalue weighted by Crippen LogP contribution is 2.21. The van der Waals surface area contributed by atoms with E-state index >= 15 is 0 Å². The van der Waals surface area contributed by atoms with Crippen LogP contribution in [0.1, 0.15) is 50.0 Å². The number of ketones is 1. The van der Waals surface area contributed by atoms with Crippen molar-refractivity contribution >= 4 is 5.78 Å². The monoisotopic (exact) mass is 296 g/mol. The lowest BCUT2D eigenvalue weighted by Crippen LogP contribution is -2.05. The minimum atomic E-state index is -0.0648. The van der Waals surface area contributed by atoms with Crippen molar-refractivity contribution in [2.24, 2.45) is 5.92 Å². The number of benzene rings is 1. The highest BCUT2D eigenvalue weighted by molar-refractivity contribution is 5.98. The minimum absolute atomic E-state index is 0.0106. The molecule has 1 rings (SSSR count). The van der Waals surface area contributed by atoms with E-state index in [1.807, 2.05) is 13.0 Å². The van der Waals surface area contributed by atoms with Crippen molar-refractivity contribution in [1.82, 2.24) is 0 Å². The summed E-state index contributed by atoms with van der Waals surface area (Å²) in [5.41, 5.74) is 1.51. The van der Waals surface area contributed by atoms with Crippen LogP contribution in [0, 0.1) is 5.92 Å². The first-order valence-electron chi connectivity index (χ1n) is 7.26. The van der Waals surface area contributed by atoms with Crippen molar-refractivity contribution in [3.8, 4) is 5.75 Å². The zero-order valence-electron chi connectivity index (χ0n) is 14.0. The summed E-state index contributed by atoms with van der Waals surface area (Å²) >= 11 is 0. The van der Waals surface area contributed by atoms with Crippen molar-refractivity contribution in [2.45, 2.75) is 46.8 Å². The van der Waals surface area contributed by atoms with Crippen LogP contribution in [-0.4, -0.2) is 31.4 Å². The zero-order valence-corrected chi connectivity index (χ0v) is 14.0. The molecule has 1 N–H and O–H groups in total. The fraction of sp³-hybridized carbons (Fsp3) is 0.588. The molecule has 1 aromatic carbocycles. The Morgan fingerprint density at radius 3 is 2.10 bits per heavy atom. The number of methoxy groups -OCH3 is 2. The quantitative estimate of drug-likeness (QED) is 0.640. The molecule has 0 atom stereocenters. The molecule has 0 heterocycles. The van der Waals surface area contributed by atoms with E-state index in [2.05, 4.69) is 23.3 Å². The van der Waals surface area contributed by atoms with Crippen LogP contribution in [0.2, 0.25) is 0 Å². The molecule has 21 heavy (non-hydrogen) atoms. The van der Waals surface area contributed by atoms with Crippen LogP contribution in [0.15, 0.2) is 18.2 Å². The molecule has 0 aliphatic heterocycles. The van der Waals surface area contributed by atoms with Gasteiger partial charge in [-0.3, -0.25) is 4.79 Å². The number of phenolic OH excluding ortho intramolecular Hbond substituents is 1. The Labute approximate surface area is 128 Å². The van der Waals surface area contributed by atoms with Crippen LogP contribution in [0.4, 0.5) is 0 Å². The maximum Gasteiger partial charge on any atom is 0.166 e. The van der Waals surface area contributed by atoms with Gasteiger partial charge >= 0.3 is 0 Å². The Balaban J connectivity index is 0.000000567. The Hall–Kier alpha value is -1.39. The molecule has 0 unspecified atom stereocenters. The fourth-order valence-electron chi connectivity index (χ4n) is 1.70. The summed E-state index contributed by atoms with van der Waals surface area (Å²) in [5, 5.41) is 9.68. The van der Waals surface area contributed by atoms with Gasteiger partial charge in [-0.25, -0.2) is 0 Å². The maximum atomic E-state index is 11.4. The van der Waals surface area contributed by atoms with Crippen molar-refractivity contribution < 1.29 is 19.4 Å². The predicted molar refractivity (Wildman–Crippen MR) is 84.8 cm³/mol. The van der Waals surface area contributed by atoms with Crippen molar-refractivity contribution in [3.05, 3.63) is 29.3 Å².